The minimum absolute atomic E-state index is 0.0608. The van der Waals surface area contributed by atoms with Crippen molar-refractivity contribution in [3.63, 3.8) is 0 Å². The summed E-state index contributed by atoms with van der Waals surface area (Å²) in [5, 5.41) is 22.5. The summed E-state index contributed by atoms with van der Waals surface area (Å²) in [5.41, 5.74) is 8.43. The first-order valence-corrected chi connectivity index (χ1v) is 13.7. The summed E-state index contributed by atoms with van der Waals surface area (Å²) in [6.07, 6.45) is -0.433. The number of benzene rings is 3. The van der Waals surface area contributed by atoms with E-state index in [0.717, 1.165) is 15.8 Å². The molecule has 0 saturated heterocycles. The summed E-state index contributed by atoms with van der Waals surface area (Å²) in [6.45, 7) is 1.58. The van der Waals surface area contributed by atoms with Gasteiger partial charge >= 0.3 is 0 Å². The highest BCUT2D eigenvalue weighted by atomic mass is 32.2. The van der Waals surface area contributed by atoms with E-state index < -0.39 is 22.0 Å². The van der Waals surface area contributed by atoms with Crippen LogP contribution in [-0.4, -0.2) is 38.7 Å². The van der Waals surface area contributed by atoms with Crippen molar-refractivity contribution in [2.24, 2.45) is 5.73 Å². The molecule has 0 aliphatic heterocycles. The monoisotopic (exact) mass is 537 g/mol. The molecule has 0 radical (unpaired) electrons. The van der Waals surface area contributed by atoms with Gasteiger partial charge in [-0.1, -0.05) is 18.2 Å². The lowest BCUT2D eigenvalue weighted by atomic mass is 10.0. The quantitative estimate of drug-likeness (QED) is 0.0898. The average Bonchev–Trinajstić information content (AvgIpc) is 3.32. The number of amidine groups is 1. The van der Waals surface area contributed by atoms with Gasteiger partial charge in [0, 0.05) is 11.3 Å². The first-order valence-electron chi connectivity index (χ1n) is 11.3. The van der Waals surface area contributed by atoms with Crippen LogP contribution in [0.4, 0.5) is 5.69 Å². The Morgan fingerprint density at radius 3 is 2.62 bits per heavy atom. The summed E-state index contributed by atoms with van der Waals surface area (Å²) >= 11 is 1.41. The minimum Gasteiger partial charge on any atom is -0.497 e. The lowest BCUT2D eigenvalue weighted by Crippen LogP contribution is -2.30. The van der Waals surface area contributed by atoms with Crippen molar-refractivity contribution in [2.75, 3.05) is 12.4 Å². The number of nitrogens with two attached hydrogens (primary N) is 1. The van der Waals surface area contributed by atoms with Crippen molar-refractivity contribution in [3.05, 3.63) is 82.9 Å². The van der Waals surface area contributed by atoms with Crippen molar-refractivity contribution in [2.45, 2.75) is 30.5 Å². The van der Waals surface area contributed by atoms with Crippen LogP contribution in [0.15, 0.2) is 71.6 Å². The van der Waals surface area contributed by atoms with Crippen LogP contribution < -0.4 is 20.5 Å². The van der Waals surface area contributed by atoms with E-state index in [1.165, 1.54) is 11.3 Å². The normalized spacial score (nSPS) is 14.4. The van der Waals surface area contributed by atoms with Gasteiger partial charge in [0.1, 0.15) is 32.5 Å². The lowest BCUT2D eigenvalue weighted by molar-refractivity contribution is 0.224. The summed E-state index contributed by atoms with van der Waals surface area (Å²) in [4.78, 5) is 17.1. The van der Waals surface area contributed by atoms with Gasteiger partial charge in [-0.15, -0.1) is 11.3 Å². The van der Waals surface area contributed by atoms with Gasteiger partial charge < -0.3 is 20.9 Å². The van der Waals surface area contributed by atoms with E-state index in [0.29, 0.717) is 28.4 Å². The van der Waals surface area contributed by atoms with Crippen molar-refractivity contribution in [1.82, 2.24) is 9.71 Å². The maximum Gasteiger partial charge on any atom is 0.205 e. The number of ether oxygens (including phenoxy) is 1. The molecule has 1 heterocycles. The largest absolute Gasteiger partial charge is 0.497 e. The van der Waals surface area contributed by atoms with Crippen LogP contribution in [0.2, 0.25) is 0 Å². The summed E-state index contributed by atoms with van der Waals surface area (Å²) < 4.78 is 23.1. The van der Waals surface area contributed by atoms with E-state index in [1.54, 1.807) is 61.7 Å². The first kappa shape index (κ1) is 26.3. The third-order valence-corrected chi connectivity index (χ3v) is 8.49. The molecule has 3 aromatic carbocycles. The number of methoxy groups -OCH3 is 1. The second kappa shape index (κ2) is 11.1. The standard InChI is InChI=1S/C26H27N5O4S2/c1-16(33)29-19-6-9-21(10-7-19)37(34,15-32)31-23(13-17-4-3-5-18(12-17)25(27)28)26-30-22-11-8-20(35-2)14-24(22)36-26/h3-12,14,16,23,29,33H,13H2,1-2H3,(H3,27,28)(H,31,34). The Kier molecular flexibility index (Phi) is 7.91. The topological polar surface area (TPSA) is 150 Å². The molecule has 0 fully saturated rings. The predicted octanol–water partition coefficient (Wildman–Crippen LogP) is 3.54. The van der Waals surface area contributed by atoms with Gasteiger partial charge in [0.05, 0.1) is 28.3 Å². The van der Waals surface area contributed by atoms with E-state index in [2.05, 4.69) is 10.0 Å². The van der Waals surface area contributed by atoms with Crippen LogP contribution in [0.25, 0.3) is 10.2 Å². The maximum absolute atomic E-state index is 13.9. The molecule has 0 aliphatic carbocycles. The Labute approximate surface area is 219 Å². The Hall–Kier alpha value is -3.73. The highest BCUT2D eigenvalue weighted by Crippen LogP contribution is 2.32. The number of aliphatic hydroxyl groups is 1. The van der Waals surface area contributed by atoms with Crippen LogP contribution in [-0.2, 0) is 20.9 Å². The number of nitrogen functional groups attached to an aromatic ring is 1. The maximum atomic E-state index is 13.9. The van der Waals surface area contributed by atoms with Gasteiger partial charge in [-0.2, -0.15) is 0 Å². The zero-order chi connectivity index (χ0) is 26.6. The molecule has 0 aliphatic rings. The third kappa shape index (κ3) is 6.16. The Morgan fingerprint density at radius 1 is 1.22 bits per heavy atom. The van der Waals surface area contributed by atoms with Gasteiger partial charge in [-0.25, -0.2) is 18.7 Å². The highest BCUT2D eigenvalue weighted by Gasteiger charge is 2.24. The van der Waals surface area contributed by atoms with Crippen molar-refractivity contribution in [3.8, 4) is 5.75 Å². The van der Waals surface area contributed by atoms with E-state index in [-0.39, 0.29) is 10.7 Å². The number of nitrogens with one attached hydrogen (secondary N) is 3. The summed E-state index contributed by atoms with van der Waals surface area (Å²) in [7, 11) is -1.88. The zero-order valence-corrected chi connectivity index (χ0v) is 21.9. The Bertz CT molecular complexity index is 1570. The predicted molar refractivity (Wildman–Crippen MR) is 147 cm³/mol. The third-order valence-electron chi connectivity index (χ3n) is 5.58. The van der Waals surface area contributed by atoms with E-state index in [1.807, 2.05) is 24.3 Å². The molecule has 3 unspecified atom stereocenters. The minimum atomic E-state index is -3.47. The van der Waals surface area contributed by atoms with Crippen LogP contribution in [0.1, 0.15) is 29.1 Å². The van der Waals surface area contributed by atoms with Gasteiger partial charge in [0.2, 0.25) is 5.23 Å². The van der Waals surface area contributed by atoms with Crippen molar-refractivity contribution >= 4 is 48.0 Å². The molecular weight excluding hydrogens is 510 g/mol. The number of rotatable bonds is 10. The Balaban J connectivity index is 1.74. The molecule has 4 rings (SSSR count). The number of aromatic nitrogens is 1. The number of nitrogens with zero attached hydrogens (tertiary/aromatic N) is 1. The van der Waals surface area contributed by atoms with Gasteiger partial charge in [-0.3, -0.25) is 5.41 Å². The number of hydrogen-bond acceptors (Lipinski definition) is 8. The van der Waals surface area contributed by atoms with E-state index >= 15 is 0 Å². The van der Waals surface area contributed by atoms with Crippen LogP contribution >= 0.6 is 11.3 Å². The van der Waals surface area contributed by atoms with Gasteiger partial charge in [0.25, 0.3) is 0 Å². The fourth-order valence-electron chi connectivity index (χ4n) is 3.80. The summed E-state index contributed by atoms with van der Waals surface area (Å²) in [5.74, 6) is 0.631. The number of hydrogen-bond donors (Lipinski definition) is 5. The van der Waals surface area contributed by atoms with E-state index in [9.17, 15) is 14.1 Å². The summed E-state index contributed by atoms with van der Waals surface area (Å²) in [6, 6.07) is 18.5. The number of thiazole rings is 1. The molecule has 0 spiro atoms. The molecule has 0 saturated carbocycles. The molecule has 192 valence electrons. The molecule has 37 heavy (non-hydrogen) atoms. The van der Waals surface area contributed by atoms with Crippen molar-refractivity contribution < 1.29 is 18.8 Å². The molecule has 3 atom stereocenters. The molecule has 1 aromatic heterocycles. The van der Waals surface area contributed by atoms with Crippen LogP contribution in [0, 0.1) is 5.41 Å². The molecule has 0 bridgehead atoms. The molecule has 0 amide bonds. The van der Waals surface area contributed by atoms with E-state index in [4.69, 9.17) is 20.9 Å². The van der Waals surface area contributed by atoms with Gasteiger partial charge in [-0.05, 0) is 67.4 Å². The second-order valence-electron chi connectivity index (χ2n) is 8.36. The number of aliphatic hydroxyl groups excluding tert-OH is 1. The first-order chi connectivity index (χ1) is 17.7. The lowest BCUT2D eigenvalue weighted by Gasteiger charge is -2.19. The zero-order valence-electron chi connectivity index (χ0n) is 20.2. The fourth-order valence-corrected chi connectivity index (χ4v) is 6.32. The number of fused-ring (bicyclic) bond motifs is 1. The molecule has 9 nitrogen and oxygen atoms in total. The van der Waals surface area contributed by atoms with Crippen LogP contribution in [0.5, 0.6) is 5.75 Å². The smallest absolute Gasteiger partial charge is 0.205 e. The molecule has 4 aromatic rings. The Morgan fingerprint density at radius 2 is 1.97 bits per heavy atom. The fraction of sp³-hybridized carbons (Fsp3) is 0.192. The number of carbonyl (C=O) groups excluding carboxylic acids is 1. The second-order valence-corrected chi connectivity index (χ2v) is 11.4. The molecule has 11 heteroatoms. The van der Waals surface area contributed by atoms with Gasteiger partial charge in [0.15, 0.2) is 0 Å². The van der Waals surface area contributed by atoms with Crippen molar-refractivity contribution in [1.29, 1.82) is 5.41 Å². The molecular formula is C26H27N5O4S2. The highest BCUT2D eigenvalue weighted by molar-refractivity contribution is 7.98. The molecule has 6 N–H and O–H groups in total. The SMILES string of the molecule is COc1ccc2nc(C(Cc3cccc(C(=N)N)c3)NS(=O)(=C=O)c3ccc(NC(C)O)cc3)sc2c1. The van der Waals surface area contributed by atoms with Crippen LogP contribution in [0.3, 0.4) is 0 Å². The average molecular weight is 538 g/mol. The number of anilines is 1.